The minimum absolute atomic E-state index is 0.447. The highest BCUT2D eigenvalue weighted by Gasteiger charge is 2.34. The Morgan fingerprint density at radius 1 is 1.39 bits per heavy atom. The van der Waals surface area contributed by atoms with Gasteiger partial charge in [0.05, 0.1) is 6.20 Å². The zero-order valence-electron chi connectivity index (χ0n) is 10.5. The van der Waals surface area contributed by atoms with Crippen molar-refractivity contribution in [1.82, 2.24) is 14.9 Å². The van der Waals surface area contributed by atoms with Crippen molar-refractivity contribution in [1.29, 1.82) is 0 Å². The van der Waals surface area contributed by atoms with E-state index >= 15 is 0 Å². The lowest BCUT2D eigenvalue weighted by Gasteiger charge is -2.17. The fourth-order valence-electron chi connectivity index (χ4n) is 2.46. The maximum Gasteiger partial charge on any atom is 0.224 e. The zero-order valence-corrected chi connectivity index (χ0v) is 11.2. The van der Waals surface area contributed by atoms with Crippen LogP contribution in [0.15, 0.2) is 6.20 Å². The molecule has 3 rings (SSSR count). The van der Waals surface area contributed by atoms with Gasteiger partial charge in [0.25, 0.3) is 0 Å². The van der Waals surface area contributed by atoms with Crippen LogP contribution >= 0.6 is 11.6 Å². The molecule has 1 aromatic heterocycles. The Labute approximate surface area is 112 Å². The summed E-state index contributed by atoms with van der Waals surface area (Å²) >= 11 is 6.11. The number of halogens is 1. The Morgan fingerprint density at radius 3 is 2.94 bits per heavy atom. The molecule has 1 unspecified atom stereocenters. The number of hydrogen-bond donors (Lipinski definition) is 2. The molecule has 1 aromatic rings. The Kier molecular flexibility index (Phi) is 3.26. The van der Waals surface area contributed by atoms with Crippen molar-refractivity contribution in [3.63, 3.8) is 0 Å². The van der Waals surface area contributed by atoms with Gasteiger partial charge in [0.1, 0.15) is 5.02 Å². The van der Waals surface area contributed by atoms with E-state index in [-0.39, 0.29) is 0 Å². The van der Waals surface area contributed by atoms with Crippen molar-refractivity contribution in [3.05, 3.63) is 11.2 Å². The van der Waals surface area contributed by atoms with Crippen LogP contribution in [0.2, 0.25) is 5.02 Å². The largest absolute Gasteiger partial charge is 0.365 e. The van der Waals surface area contributed by atoms with Gasteiger partial charge in [-0.3, -0.25) is 4.90 Å². The molecule has 2 N–H and O–H groups in total. The predicted octanol–water partition coefficient (Wildman–Crippen LogP) is 1.82. The van der Waals surface area contributed by atoms with Crippen molar-refractivity contribution >= 4 is 23.4 Å². The number of hydrogen-bond acceptors (Lipinski definition) is 5. The van der Waals surface area contributed by atoms with Crippen LogP contribution in [-0.2, 0) is 0 Å². The van der Waals surface area contributed by atoms with E-state index in [9.17, 15) is 0 Å². The number of nitrogens with zero attached hydrogens (tertiary/aromatic N) is 3. The van der Waals surface area contributed by atoms with Crippen LogP contribution in [0, 0.1) is 0 Å². The van der Waals surface area contributed by atoms with Crippen LogP contribution in [0.4, 0.5) is 11.8 Å². The predicted molar refractivity (Wildman–Crippen MR) is 73.2 cm³/mol. The zero-order chi connectivity index (χ0) is 12.5. The molecule has 0 amide bonds. The summed E-state index contributed by atoms with van der Waals surface area (Å²) in [5.74, 6) is 1.33. The van der Waals surface area contributed by atoms with Crippen LogP contribution in [-0.4, -0.2) is 47.1 Å². The minimum atomic E-state index is 0.447. The molecule has 0 spiro atoms. The Hall–Kier alpha value is -1.07. The lowest BCUT2D eigenvalue weighted by molar-refractivity contribution is 0.326. The van der Waals surface area contributed by atoms with Gasteiger partial charge in [0.15, 0.2) is 5.82 Å². The standard InChI is InChI=1S/C12H18ClN5/c1-14-12-15-6-10(13)11(17-12)16-8-4-5-18(7-8)9-2-3-9/h6,8-9H,2-5,7H2,1H3,(H2,14,15,16,17). The smallest absolute Gasteiger partial charge is 0.224 e. The van der Waals surface area contributed by atoms with Gasteiger partial charge in [-0.1, -0.05) is 11.6 Å². The van der Waals surface area contributed by atoms with E-state index in [1.54, 1.807) is 13.2 Å². The maximum absolute atomic E-state index is 6.11. The molecule has 1 saturated carbocycles. The molecular weight excluding hydrogens is 250 g/mol. The number of anilines is 2. The summed E-state index contributed by atoms with van der Waals surface area (Å²) in [6, 6.07) is 1.29. The van der Waals surface area contributed by atoms with E-state index in [2.05, 4.69) is 25.5 Å². The number of nitrogens with one attached hydrogen (secondary N) is 2. The van der Waals surface area contributed by atoms with Gasteiger partial charge < -0.3 is 10.6 Å². The third-order valence-electron chi connectivity index (χ3n) is 3.59. The second kappa shape index (κ2) is 4.90. The number of likely N-dealkylation sites (tertiary alicyclic amines) is 1. The van der Waals surface area contributed by atoms with Gasteiger partial charge in [-0.05, 0) is 19.3 Å². The highest BCUT2D eigenvalue weighted by molar-refractivity contribution is 6.32. The van der Waals surface area contributed by atoms with Crippen LogP contribution in [0.5, 0.6) is 0 Å². The van der Waals surface area contributed by atoms with Gasteiger partial charge in [-0.2, -0.15) is 4.98 Å². The van der Waals surface area contributed by atoms with Crippen LogP contribution in [0.25, 0.3) is 0 Å². The first kappa shape index (κ1) is 12.0. The van der Waals surface area contributed by atoms with E-state index < -0.39 is 0 Å². The average Bonchev–Trinajstić information content (AvgIpc) is 3.13. The summed E-state index contributed by atoms with van der Waals surface area (Å²) in [6.07, 6.45) is 5.53. The molecule has 18 heavy (non-hydrogen) atoms. The second-order valence-corrected chi connectivity index (χ2v) is 5.40. The normalized spacial score (nSPS) is 24.2. The molecular formula is C12H18ClN5. The minimum Gasteiger partial charge on any atom is -0.365 e. The Balaban J connectivity index is 1.65. The number of aromatic nitrogens is 2. The fourth-order valence-corrected chi connectivity index (χ4v) is 2.60. The topological polar surface area (TPSA) is 53.1 Å². The van der Waals surface area contributed by atoms with Gasteiger partial charge in [-0.15, -0.1) is 0 Å². The summed E-state index contributed by atoms with van der Waals surface area (Å²) in [4.78, 5) is 11.0. The molecule has 98 valence electrons. The molecule has 1 aliphatic carbocycles. The molecule has 2 fully saturated rings. The van der Waals surface area contributed by atoms with E-state index in [1.807, 2.05) is 0 Å². The molecule has 2 aliphatic rings. The third-order valence-corrected chi connectivity index (χ3v) is 3.87. The van der Waals surface area contributed by atoms with Crippen molar-refractivity contribution in [3.8, 4) is 0 Å². The molecule has 1 atom stereocenters. The van der Waals surface area contributed by atoms with Gasteiger partial charge >= 0.3 is 0 Å². The fraction of sp³-hybridized carbons (Fsp3) is 0.667. The van der Waals surface area contributed by atoms with Crippen LogP contribution in [0.1, 0.15) is 19.3 Å². The Bertz CT molecular complexity index is 434. The number of rotatable bonds is 4. The molecule has 2 heterocycles. The quantitative estimate of drug-likeness (QED) is 0.872. The van der Waals surface area contributed by atoms with Gasteiger partial charge in [-0.25, -0.2) is 4.98 Å². The molecule has 5 nitrogen and oxygen atoms in total. The van der Waals surface area contributed by atoms with Gasteiger partial charge in [0.2, 0.25) is 5.95 Å². The lowest BCUT2D eigenvalue weighted by atomic mass is 10.2. The first-order valence-electron chi connectivity index (χ1n) is 6.47. The van der Waals surface area contributed by atoms with E-state index in [4.69, 9.17) is 11.6 Å². The monoisotopic (exact) mass is 267 g/mol. The summed E-state index contributed by atoms with van der Waals surface area (Å²) in [6.45, 7) is 2.28. The van der Waals surface area contributed by atoms with E-state index in [0.29, 0.717) is 17.0 Å². The van der Waals surface area contributed by atoms with Crippen molar-refractivity contribution in [2.24, 2.45) is 0 Å². The second-order valence-electron chi connectivity index (χ2n) is 5.00. The molecule has 6 heteroatoms. The molecule has 1 aliphatic heterocycles. The molecule has 0 aromatic carbocycles. The maximum atomic E-state index is 6.11. The van der Waals surface area contributed by atoms with Crippen molar-refractivity contribution < 1.29 is 0 Å². The average molecular weight is 268 g/mol. The van der Waals surface area contributed by atoms with E-state index in [0.717, 1.165) is 24.8 Å². The SMILES string of the molecule is CNc1ncc(Cl)c(NC2CCN(C3CC3)C2)n1. The van der Waals surface area contributed by atoms with Crippen LogP contribution < -0.4 is 10.6 Å². The summed E-state index contributed by atoms with van der Waals surface area (Å²) in [5.41, 5.74) is 0. The third kappa shape index (κ3) is 2.52. The first-order valence-corrected chi connectivity index (χ1v) is 6.85. The van der Waals surface area contributed by atoms with Crippen molar-refractivity contribution in [2.75, 3.05) is 30.8 Å². The highest BCUT2D eigenvalue weighted by Crippen LogP contribution is 2.31. The lowest BCUT2D eigenvalue weighted by Crippen LogP contribution is -2.28. The highest BCUT2D eigenvalue weighted by atomic mass is 35.5. The van der Waals surface area contributed by atoms with Gasteiger partial charge in [0, 0.05) is 32.2 Å². The van der Waals surface area contributed by atoms with Crippen molar-refractivity contribution in [2.45, 2.75) is 31.3 Å². The van der Waals surface area contributed by atoms with E-state index in [1.165, 1.54) is 19.4 Å². The summed E-state index contributed by atoms with van der Waals surface area (Å²) in [7, 11) is 1.80. The molecule has 1 saturated heterocycles. The first-order chi connectivity index (χ1) is 8.76. The van der Waals surface area contributed by atoms with Crippen LogP contribution in [0.3, 0.4) is 0 Å². The summed E-state index contributed by atoms with van der Waals surface area (Å²) in [5, 5.41) is 6.94. The Morgan fingerprint density at radius 2 is 2.22 bits per heavy atom. The molecule has 0 bridgehead atoms. The molecule has 0 radical (unpaired) electrons. The summed E-state index contributed by atoms with van der Waals surface area (Å²) < 4.78 is 0.